The van der Waals surface area contributed by atoms with E-state index < -0.39 is 10.0 Å². The number of aryl methyl sites for hydroxylation is 3. The van der Waals surface area contributed by atoms with Crippen LogP contribution in [0, 0.1) is 20.8 Å². The molecule has 0 aliphatic heterocycles. The smallest absolute Gasteiger partial charge is 0.241 e. The van der Waals surface area contributed by atoms with E-state index >= 15 is 0 Å². The highest BCUT2D eigenvalue weighted by atomic mass is 32.2. The summed E-state index contributed by atoms with van der Waals surface area (Å²) in [6.45, 7) is 6.22. The minimum atomic E-state index is -3.44. The van der Waals surface area contributed by atoms with Gasteiger partial charge >= 0.3 is 0 Å². The summed E-state index contributed by atoms with van der Waals surface area (Å²) < 4.78 is 31.5. The minimum Gasteiger partial charge on any atom is -0.383 e. The van der Waals surface area contributed by atoms with Gasteiger partial charge in [-0.15, -0.1) is 0 Å². The van der Waals surface area contributed by atoms with Crippen LogP contribution in [0.5, 0.6) is 0 Å². The molecule has 0 heterocycles. The van der Waals surface area contributed by atoms with Gasteiger partial charge in [0.15, 0.2) is 0 Å². The van der Waals surface area contributed by atoms with Crippen molar-refractivity contribution in [3.63, 3.8) is 0 Å². The molecule has 0 spiro atoms. The molecule has 0 atom stereocenters. The monoisotopic (exact) mass is 257 g/mol. The van der Waals surface area contributed by atoms with Crippen LogP contribution in [-0.4, -0.2) is 28.7 Å². The summed E-state index contributed by atoms with van der Waals surface area (Å²) in [7, 11) is -1.90. The van der Waals surface area contributed by atoms with Crippen molar-refractivity contribution >= 4 is 10.0 Å². The van der Waals surface area contributed by atoms with E-state index in [1.807, 2.05) is 32.9 Å². The highest BCUT2D eigenvalue weighted by Crippen LogP contribution is 2.21. The molecule has 1 N–H and O–H groups in total. The van der Waals surface area contributed by atoms with E-state index in [0.717, 1.165) is 16.7 Å². The Morgan fingerprint density at radius 2 is 1.71 bits per heavy atom. The molecule has 1 rings (SSSR count). The van der Waals surface area contributed by atoms with Crippen LogP contribution in [0.15, 0.2) is 17.0 Å². The summed E-state index contributed by atoms with van der Waals surface area (Å²) in [6, 6.07) is 3.75. The summed E-state index contributed by atoms with van der Waals surface area (Å²) in [4.78, 5) is 0.374. The minimum absolute atomic E-state index is 0.283. The maximum absolute atomic E-state index is 12.1. The average molecular weight is 257 g/mol. The number of benzene rings is 1. The lowest BCUT2D eigenvalue weighted by molar-refractivity contribution is 0.204. The molecule has 0 fully saturated rings. The quantitative estimate of drug-likeness (QED) is 0.814. The Morgan fingerprint density at radius 1 is 1.18 bits per heavy atom. The van der Waals surface area contributed by atoms with Crippen LogP contribution in [0.3, 0.4) is 0 Å². The zero-order valence-corrected chi connectivity index (χ0v) is 11.5. The van der Waals surface area contributed by atoms with Crippen LogP contribution in [0.4, 0.5) is 0 Å². The summed E-state index contributed by atoms with van der Waals surface area (Å²) in [5, 5.41) is 0. The van der Waals surface area contributed by atoms with Crippen LogP contribution in [0.2, 0.25) is 0 Å². The molecule has 17 heavy (non-hydrogen) atoms. The molecular formula is C12H19NO3S. The van der Waals surface area contributed by atoms with E-state index in [-0.39, 0.29) is 6.54 Å². The highest BCUT2D eigenvalue weighted by molar-refractivity contribution is 7.89. The molecule has 0 bridgehead atoms. The fourth-order valence-electron chi connectivity index (χ4n) is 1.94. The molecule has 1 aromatic rings. The van der Waals surface area contributed by atoms with Gasteiger partial charge in [0.2, 0.25) is 10.0 Å². The van der Waals surface area contributed by atoms with Gasteiger partial charge in [0.1, 0.15) is 0 Å². The van der Waals surface area contributed by atoms with Gasteiger partial charge in [-0.1, -0.05) is 17.7 Å². The lowest BCUT2D eigenvalue weighted by Crippen LogP contribution is -2.28. The number of methoxy groups -OCH3 is 1. The van der Waals surface area contributed by atoms with E-state index in [9.17, 15) is 8.42 Å². The van der Waals surface area contributed by atoms with Crippen molar-refractivity contribution in [3.8, 4) is 0 Å². The Morgan fingerprint density at radius 3 is 2.18 bits per heavy atom. The van der Waals surface area contributed by atoms with Gasteiger partial charge in [-0.3, -0.25) is 0 Å². The zero-order valence-electron chi connectivity index (χ0n) is 10.7. The lowest BCUT2D eigenvalue weighted by Gasteiger charge is -2.12. The SMILES string of the molecule is COCCNS(=O)(=O)c1c(C)cc(C)cc1C. The van der Waals surface area contributed by atoms with Gasteiger partial charge in [-0.05, 0) is 31.9 Å². The summed E-state index contributed by atoms with van der Waals surface area (Å²) in [5.74, 6) is 0. The molecule has 0 aliphatic rings. The Balaban J connectivity index is 3.07. The third-order valence-electron chi connectivity index (χ3n) is 2.47. The number of ether oxygens (including phenoxy) is 1. The number of rotatable bonds is 5. The van der Waals surface area contributed by atoms with Crippen molar-refractivity contribution in [2.45, 2.75) is 25.7 Å². The topological polar surface area (TPSA) is 55.4 Å². The van der Waals surface area contributed by atoms with Gasteiger partial charge in [0, 0.05) is 13.7 Å². The fraction of sp³-hybridized carbons (Fsp3) is 0.500. The first-order valence-corrected chi connectivity index (χ1v) is 6.93. The second-order valence-corrected chi connectivity index (χ2v) is 5.82. The molecule has 0 saturated heterocycles. The molecule has 1 aromatic carbocycles. The van der Waals surface area contributed by atoms with Crippen LogP contribution >= 0.6 is 0 Å². The van der Waals surface area contributed by atoms with E-state index in [2.05, 4.69) is 4.72 Å². The molecule has 0 amide bonds. The molecule has 0 unspecified atom stereocenters. The van der Waals surface area contributed by atoms with Crippen LogP contribution in [0.1, 0.15) is 16.7 Å². The molecule has 0 saturated carbocycles. The van der Waals surface area contributed by atoms with Crippen molar-refractivity contribution in [2.75, 3.05) is 20.3 Å². The fourth-order valence-corrected chi connectivity index (χ4v) is 3.40. The number of sulfonamides is 1. The van der Waals surface area contributed by atoms with E-state index in [1.165, 1.54) is 7.11 Å². The van der Waals surface area contributed by atoms with Crippen LogP contribution in [-0.2, 0) is 14.8 Å². The summed E-state index contributed by atoms with van der Waals surface area (Å²) in [6.07, 6.45) is 0. The first kappa shape index (κ1) is 14.2. The molecule has 0 aliphatic carbocycles. The third kappa shape index (κ3) is 3.52. The predicted octanol–water partition coefficient (Wildman–Crippen LogP) is 1.54. The summed E-state index contributed by atoms with van der Waals surface area (Å²) in [5.41, 5.74) is 2.61. The number of nitrogens with one attached hydrogen (secondary N) is 1. The maximum Gasteiger partial charge on any atom is 0.241 e. The normalized spacial score (nSPS) is 11.8. The summed E-state index contributed by atoms with van der Waals surface area (Å²) >= 11 is 0. The van der Waals surface area contributed by atoms with Crippen molar-refractivity contribution in [1.82, 2.24) is 4.72 Å². The molecule has 96 valence electrons. The van der Waals surface area contributed by atoms with Crippen molar-refractivity contribution in [3.05, 3.63) is 28.8 Å². The third-order valence-corrected chi connectivity index (χ3v) is 4.24. The average Bonchev–Trinajstić information content (AvgIpc) is 2.15. The van der Waals surface area contributed by atoms with Crippen LogP contribution < -0.4 is 4.72 Å². The maximum atomic E-state index is 12.1. The van der Waals surface area contributed by atoms with Crippen molar-refractivity contribution < 1.29 is 13.2 Å². The Kier molecular flexibility index (Phi) is 4.68. The number of hydrogen-bond donors (Lipinski definition) is 1. The first-order chi connectivity index (χ1) is 7.88. The predicted molar refractivity (Wildman–Crippen MR) is 67.7 cm³/mol. The largest absolute Gasteiger partial charge is 0.383 e. The van der Waals surface area contributed by atoms with E-state index in [1.54, 1.807) is 0 Å². The van der Waals surface area contributed by atoms with Crippen molar-refractivity contribution in [1.29, 1.82) is 0 Å². The van der Waals surface area contributed by atoms with Gasteiger partial charge in [-0.25, -0.2) is 13.1 Å². The zero-order chi connectivity index (χ0) is 13.1. The Hall–Kier alpha value is -0.910. The van der Waals surface area contributed by atoms with Gasteiger partial charge in [0.25, 0.3) is 0 Å². The Labute approximate surface area is 103 Å². The lowest BCUT2D eigenvalue weighted by atomic mass is 10.1. The standard InChI is InChI=1S/C12H19NO3S/c1-9-7-10(2)12(11(3)8-9)17(14,15)13-5-6-16-4/h7-8,13H,5-6H2,1-4H3. The Bertz CT molecular complexity index is 471. The van der Waals surface area contributed by atoms with Gasteiger partial charge < -0.3 is 4.74 Å². The molecule has 5 heteroatoms. The molecular weight excluding hydrogens is 238 g/mol. The molecule has 0 radical (unpaired) electrons. The van der Waals surface area contributed by atoms with Crippen LogP contribution in [0.25, 0.3) is 0 Å². The van der Waals surface area contributed by atoms with Gasteiger partial charge in [-0.2, -0.15) is 0 Å². The van der Waals surface area contributed by atoms with Gasteiger partial charge in [0.05, 0.1) is 11.5 Å². The van der Waals surface area contributed by atoms with E-state index in [4.69, 9.17) is 4.74 Å². The first-order valence-electron chi connectivity index (χ1n) is 5.45. The molecule has 0 aromatic heterocycles. The van der Waals surface area contributed by atoms with Crippen molar-refractivity contribution in [2.24, 2.45) is 0 Å². The second kappa shape index (κ2) is 5.62. The highest BCUT2D eigenvalue weighted by Gasteiger charge is 2.18. The number of hydrogen-bond acceptors (Lipinski definition) is 3. The molecule has 4 nitrogen and oxygen atoms in total. The van der Waals surface area contributed by atoms with E-state index in [0.29, 0.717) is 11.5 Å². The second-order valence-electron chi connectivity index (χ2n) is 4.12.